The van der Waals surface area contributed by atoms with E-state index in [4.69, 9.17) is 5.11 Å². The number of aliphatic hydroxyl groups excluding tert-OH is 1. The Morgan fingerprint density at radius 1 is 1.47 bits per heavy atom. The Labute approximate surface area is 87.6 Å². The highest BCUT2D eigenvalue weighted by molar-refractivity contribution is 6.12. The normalized spacial score (nSPS) is 12.2. The maximum absolute atomic E-state index is 10.9. The molecule has 6 heteroatoms. The number of allylic oxidation sites excluding steroid dienone is 2. The molecular formula is C9H14N2O4. The van der Waals surface area contributed by atoms with Crippen LogP contribution in [0.15, 0.2) is 16.4 Å². The molecule has 0 aromatic heterocycles. The van der Waals surface area contributed by atoms with E-state index in [-0.39, 0.29) is 23.7 Å². The van der Waals surface area contributed by atoms with Crippen molar-refractivity contribution in [3.8, 4) is 0 Å². The fourth-order valence-corrected chi connectivity index (χ4v) is 0.752. The van der Waals surface area contributed by atoms with Crippen LogP contribution in [0.1, 0.15) is 20.8 Å². The zero-order chi connectivity index (χ0) is 11.8. The summed E-state index contributed by atoms with van der Waals surface area (Å²) in [6, 6.07) is 0. The average Bonchev–Trinajstić information content (AvgIpc) is 2.11. The van der Waals surface area contributed by atoms with Gasteiger partial charge in [0, 0.05) is 0 Å². The predicted octanol–water partition coefficient (Wildman–Crippen LogP) is 1.14. The molecule has 0 heterocycles. The second kappa shape index (κ2) is 6.58. The van der Waals surface area contributed by atoms with Gasteiger partial charge in [-0.15, -0.1) is 0 Å². The Bertz CT molecular complexity index is 303. The molecule has 0 aromatic carbocycles. The third kappa shape index (κ3) is 5.45. The van der Waals surface area contributed by atoms with Crippen molar-refractivity contribution >= 4 is 18.1 Å². The predicted molar refractivity (Wildman–Crippen MR) is 54.7 cm³/mol. The highest BCUT2D eigenvalue weighted by Crippen LogP contribution is 1.98. The van der Waals surface area contributed by atoms with Crippen molar-refractivity contribution in [3.05, 3.63) is 11.3 Å². The van der Waals surface area contributed by atoms with Crippen LogP contribution in [0.25, 0.3) is 0 Å². The van der Waals surface area contributed by atoms with Crippen molar-refractivity contribution in [2.24, 2.45) is 5.10 Å². The minimum atomic E-state index is -0.716. The molecule has 0 radical (unpaired) electrons. The molecule has 0 aromatic rings. The van der Waals surface area contributed by atoms with Crippen LogP contribution in [-0.2, 0) is 9.53 Å². The monoisotopic (exact) mass is 214 g/mol. The van der Waals surface area contributed by atoms with Gasteiger partial charge in [-0.1, -0.05) is 0 Å². The molecule has 84 valence electrons. The molecular weight excluding hydrogens is 200 g/mol. The van der Waals surface area contributed by atoms with Gasteiger partial charge in [-0.05, 0) is 20.8 Å². The summed E-state index contributed by atoms with van der Waals surface area (Å²) in [6.07, 6.45) is 0.349. The zero-order valence-corrected chi connectivity index (χ0v) is 8.90. The van der Waals surface area contributed by atoms with Crippen LogP contribution in [0.5, 0.6) is 0 Å². The van der Waals surface area contributed by atoms with Crippen molar-refractivity contribution in [1.82, 2.24) is 5.43 Å². The summed E-state index contributed by atoms with van der Waals surface area (Å²) in [5, 5.41) is 12.5. The maximum atomic E-state index is 10.9. The van der Waals surface area contributed by atoms with Gasteiger partial charge >= 0.3 is 6.09 Å². The summed E-state index contributed by atoms with van der Waals surface area (Å²) in [5.41, 5.74) is 2.07. The highest BCUT2D eigenvalue weighted by atomic mass is 16.5. The van der Waals surface area contributed by atoms with E-state index < -0.39 is 6.09 Å². The molecule has 0 aliphatic heterocycles. The second-order valence-electron chi connectivity index (χ2n) is 2.65. The molecule has 0 spiro atoms. The first-order valence-corrected chi connectivity index (χ1v) is 4.35. The molecule has 6 nitrogen and oxygen atoms in total. The van der Waals surface area contributed by atoms with Crippen LogP contribution < -0.4 is 5.43 Å². The third-order valence-corrected chi connectivity index (χ3v) is 1.39. The topological polar surface area (TPSA) is 88.0 Å². The molecule has 0 atom stereocenters. The Kier molecular flexibility index (Phi) is 5.77. The van der Waals surface area contributed by atoms with Gasteiger partial charge in [0.1, 0.15) is 5.76 Å². The first-order chi connectivity index (χ1) is 6.99. The second-order valence-corrected chi connectivity index (χ2v) is 2.65. The molecule has 0 rings (SSSR count). The van der Waals surface area contributed by atoms with E-state index in [1.165, 1.54) is 13.8 Å². The standard InChI is InChI=1S/C9H14N2O4/c1-4-15-9(14)11-10-5-8(6(2)12)7(3)13/h5,12H,4H2,1-3H3,(H,11,14)/b8-6-,10-5+. The maximum Gasteiger partial charge on any atom is 0.427 e. The average molecular weight is 214 g/mol. The van der Waals surface area contributed by atoms with Gasteiger partial charge < -0.3 is 9.84 Å². The molecule has 0 fully saturated rings. The van der Waals surface area contributed by atoms with Crippen LogP contribution in [0.2, 0.25) is 0 Å². The molecule has 2 N–H and O–H groups in total. The van der Waals surface area contributed by atoms with E-state index in [1.807, 2.05) is 5.43 Å². The molecule has 0 saturated carbocycles. The van der Waals surface area contributed by atoms with Gasteiger partial charge in [-0.25, -0.2) is 10.2 Å². The highest BCUT2D eigenvalue weighted by Gasteiger charge is 2.05. The summed E-state index contributed by atoms with van der Waals surface area (Å²) in [4.78, 5) is 21.7. The fourth-order valence-electron chi connectivity index (χ4n) is 0.752. The number of nitrogens with one attached hydrogen (secondary N) is 1. The van der Waals surface area contributed by atoms with Gasteiger partial charge in [-0.3, -0.25) is 4.79 Å². The van der Waals surface area contributed by atoms with Crippen molar-refractivity contribution in [3.63, 3.8) is 0 Å². The number of aliphatic hydroxyl groups is 1. The van der Waals surface area contributed by atoms with E-state index in [2.05, 4.69) is 9.84 Å². The smallest absolute Gasteiger partial charge is 0.427 e. The number of ether oxygens (including phenoxy) is 1. The van der Waals surface area contributed by atoms with Gasteiger partial charge in [0.05, 0.1) is 18.4 Å². The van der Waals surface area contributed by atoms with E-state index in [0.29, 0.717) is 0 Å². The van der Waals surface area contributed by atoms with Crippen LogP contribution in [0, 0.1) is 0 Å². The Morgan fingerprint density at radius 2 is 2.07 bits per heavy atom. The Morgan fingerprint density at radius 3 is 2.47 bits per heavy atom. The summed E-state index contributed by atoms with van der Waals surface area (Å²) < 4.78 is 4.52. The summed E-state index contributed by atoms with van der Waals surface area (Å²) in [6.45, 7) is 4.52. The van der Waals surface area contributed by atoms with Crippen molar-refractivity contribution in [1.29, 1.82) is 0 Å². The van der Waals surface area contributed by atoms with Crippen molar-refractivity contribution in [2.75, 3.05) is 6.61 Å². The lowest BCUT2D eigenvalue weighted by Gasteiger charge is -2.00. The van der Waals surface area contributed by atoms with Crippen LogP contribution in [0.4, 0.5) is 4.79 Å². The van der Waals surface area contributed by atoms with Crippen molar-refractivity contribution < 1.29 is 19.4 Å². The van der Waals surface area contributed by atoms with Gasteiger partial charge in [0.15, 0.2) is 5.78 Å². The lowest BCUT2D eigenvalue weighted by atomic mass is 10.2. The van der Waals surface area contributed by atoms with E-state index in [0.717, 1.165) is 6.21 Å². The summed E-state index contributed by atoms with van der Waals surface area (Å²) in [5.74, 6) is -0.499. The van der Waals surface area contributed by atoms with E-state index in [1.54, 1.807) is 6.92 Å². The third-order valence-electron chi connectivity index (χ3n) is 1.39. The lowest BCUT2D eigenvalue weighted by Crippen LogP contribution is -2.19. The number of hydrogen-bond acceptors (Lipinski definition) is 5. The van der Waals surface area contributed by atoms with Crippen LogP contribution >= 0.6 is 0 Å². The number of carbonyl (C=O) groups is 2. The zero-order valence-electron chi connectivity index (χ0n) is 8.90. The first kappa shape index (κ1) is 13.2. The largest absolute Gasteiger partial charge is 0.512 e. The molecule has 0 aliphatic rings. The number of ketones is 1. The number of hydrogen-bond donors (Lipinski definition) is 2. The van der Waals surface area contributed by atoms with Gasteiger partial charge in [0.25, 0.3) is 0 Å². The minimum absolute atomic E-state index is 0.0341. The summed E-state index contributed by atoms with van der Waals surface area (Å²) in [7, 11) is 0. The number of nitrogens with zero attached hydrogens (tertiary/aromatic N) is 1. The number of hydrazone groups is 1. The number of amides is 1. The van der Waals surface area contributed by atoms with Crippen LogP contribution in [-0.4, -0.2) is 29.8 Å². The Hall–Kier alpha value is -1.85. The van der Waals surface area contributed by atoms with Gasteiger partial charge in [0.2, 0.25) is 0 Å². The Balaban J connectivity index is 4.33. The number of Topliss-reactive ketones (excluding diaryl/α,β-unsaturated/α-hetero) is 1. The molecule has 0 unspecified atom stereocenters. The summed E-state index contributed by atoms with van der Waals surface area (Å²) >= 11 is 0. The van der Waals surface area contributed by atoms with Crippen molar-refractivity contribution in [2.45, 2.75) is 20.8 Å². The molecule has 0 bridgehead atoms. The molecule has 0 aliphatic carbocycles. The first-order valence-electron chi connectivity index (χ1n) is 4.35. The quantitative estimate of drug-likeness (QED) is 0.318. The molecule has 0 saturated heterocycles. The van der Waals surface area contributed by atoms with Gasteiger partial charge in [-0.2, -0.15) is 5.10 Å². The van der Waals surface area contributed by atoms with E-state index in [9.17, 15) is 9.59 Å². The fraction of sp³-hybridized carbons (Fsp3) is 0.444. The molecule has 15 heavy (non-hydrogen) atoms. The lowest BCUT2D eigenvalue weighted by molar-refractivity contribution is -0.113. The van der Waals surface area contributed by atoms with E-state index >= 15 is 0 Å². The number of carbonyl (C=O) groups excluding carboxylic acids is 2. The SMILES string of the molecule is CCOC(=O)N/N=C/C(C(C)=O)=C(\C)O. The minimum Gasteiger partial charge on any atom is -0.512 e. The molecule has 1 amide bonds. The van der Waals surface area contributed by atoms with Crippen LogP contribution in [0.3, 0.4) is 0 Å². The number of rotatable bonds is 4.